The van der Waals surface area contributed by atoms with E-state index < -0.39 is 0 Å². The highest BCUT2D eigenvalue weighted by molar-refractivity contribution is 5.44. The molecule has 0 spiro atoms. The lowest BCUT2D eigenvalue weighted by molar-refractivity contribution is 0.401. The number of rotatable bonds is 2. The molecule has 0 atom stereocenters. The molecule has 0 fully saturated rings. The first-order valence-corrected chi connectivity index (χ1v) is 3.43. The predicted molar refractivity (Wildman–Crippen MR) is 43.7 cm³/mol. The summed E-state index contributed by atoms with van der Waals surface area (Å²) in [5, 5.41) is 9.30. The molecular weight excluding hydrogens is 140 g/mol. The van der Waals surface area contributed by atoms with E-state index in [0.29, 0.717) is 12.2 Å². The summed E-state index contributed by atoms with van der Waals surface area (Å²) in [4.78, 5) is 0. The average molecular weight is 151 g/mol. The summed E-state index contributed by atoms with van der Waals surface area (Å²) in [6.45, 7) is 3.69. The minimum atomic E-state index is 0.249. The van der Waals surface area contributed by atoms with Gasteiger partial charge >= 0.3 is 0 Å². The van der Waals surface area contributed by atoms with E-state index in [1.165, 1.54) is 0 Å². The zero-order valence-corrected chi connectivity index (χ0v) is 6.50. The van der Waals surface area contributed by atoms with Gasteiger partial charge in [0.2, 0.25) is 0 Å². The summed E-state index contributed by atoms with van der Waals surface area (Å²) >= 11 is 0. The summed E-state index contributed by atoms with van der Waals surface area (Å²) in [6, 6.07) is 5.18. The third kappa shape index (κ3) is 1.45. The van der Waals surface area contributed by atoms with Crippen LogP contribution in [-0.2, 0) is 6.42 Å². The highest BCUT2D eigenvalue weighted by atomic mass is 16.5. The molecule has 0 unspecified atom stereocenters. The second kappa shape index (κ2) is 3.28. The molecule has 1 rings (SSSR count). The van der Waals surface area contributed by atoms with Gasteiger partial charge in [-0.2, -0.15) is 0 Å². The molecule has 0 aliphatic rings. The highest BCUT2D eigenvalue weighted by Crippen LogP contribution is 2.26. The van der Waals surface area contributed by atoms with Gasteiger partial charge in [-0.25, -0.2) is 0 Å². The number of ether oxygens (including phenoxy) is 1. The molecular formula is C9H11O2. The third-order valence-electron chi connectivity index (χ3n) is 1.58. The van der Waals surface area contributed by atoms with E-state index in [0.717, 1.165) is 5.56 Å². The second-order valence-electron chi connectivity index (χ2n) is 2.21. The fraction of sp³-hybridized carbons (Fsp3) is 0.222. The number of benzene rings is 1. The Labute approximate surface area is 66.4 Å². The topological polar surface area (TPSA) is 29.5 Å². The highest BCUT2D eigenvalue weighted by Gasteiger charge is 2.03. The van der Waals surface area contributed by atoms with E-state index in [9.17, 15) is 5.11 Å². The van der Waals surface area contributed by atoms with Crippen molar-refractivity contribution in [3.63, 3.8) is 0 Å². The molecule has 59 valence electrons. The number of aromatic hydroxyl groups is 1. The number of phenolic OH excluding ortho intramolecular Hbond substituents is 1. The second-order valence-corrected chi connectivity index (χ2v) is 2.21. The van der Waals surface area contributed by atoms with Crippen molar-refractivity contribution < 1.29 is 9.84 Å². The van der Waals surface area contributed by atoms with Gasteiger partial charge < -0.3 is 9.84 Å². The summed E-state index contributed by atoms with van der Waals surface area (Å²) in [7, 11) is 1.58. The smallest absolute Gasteiger partial charge is 0.125 e. The van der Waals surface area contributed by atoms with Gasteiger partial charge in [-0.3, -0.25) is 0 Å². The van der Waals surface area contributed by atoms with Crippen LogP contribution in [0, 0.1) is 6.92 Å². The molecule has 11 heavy (non-hydrogen) atoms. The minimum absolute atomic E-state index is 0.249. The third-order valence-corrected chi connectivity index (χ3v) is 1.58. The van der Waals surface area contributed by atoms with E-state index >= 15 is 0 Å². The Kier molecular flexibility index (Phi) is 2.36. The monoisotopic (exact) mass is 151 g/mol. The van der Waals surface area contributed by atoms with Crippen molar-refractivity contribution in [2.24, 2.45) is 0 Å². The van der Waals surface area contributed by atoms with Crippen molar-refractivity contribution in [2.75, 3.05) is 7.11 Å². The van der Waals surface area contributed by atoms with Gasteiger partial charge in [0.1, 0.15) is 11.5 Å². The van der Waals surface area contributed by atoms with Crippen LogP contribution in [-0.4, -0.2) is 12.2 Å². The maximum Gasteiger partial charge on any atom is 0.125 e. The molecule has 2 heteroatoms. The molecule has 0 aromatic heterocycles. The standard InChI is InChI=1S/C9H11O2/c1-3-7-8(10)5-4-6-9(7)11-2/h4-6,10H,1,3H2,2H3. The fourth-order valence-electron chi connectivity index (χ4n) is 0.997. The van der Waals surface area contributed by atoms with Gasteiger partial charge in [0, 0.05) is 5.56 Å². The molecule has 1 aromatic rings. The number of hydrogen-bond donors (Lipinski definition) is 1. The van der Waals surface area contributed by atoms with E-state index in [1.54, 1.807) is 25.3 Å². The van der Waals surface area contributed by atoms with Crippen molar-refractivity contribution in [3.8, 4) is 11.5 Å². The van der Waals surface area contributed by atoms with Crippen molar-refractivity contribution in [3.05, 3.63) is 30.7 Å². The van der Waals surface area contributed by atoms with Gasteiger partial charge in [-0.05, 0) is 25.5 Å². The molecule has 0 bridgehead atoms. The first-order chi connectivity index (χ1) is 5.29. The molecule has 1 aromatic carbocycles. The van der Waals surface area contributed by atoms with E-state index in [-0.39, 0.29) is 5.75 Å². The van der Waals surface area contributed by atoms with Crippen LogP contribution in [0.1, 0.15) is 5.56 Å². The van der Waals surface area contributed by atoms with Crippen molar-refractivity contribution in [1.29, 1.82) is 0 Å². The van der Waals surface area contributed by atoms with Crippen molar-refractivity contribution in [1.82, 2.24) is 0 Å². The summed E-state index contributed by atoms with van der Waals surface area (Å²) in [5.74, 6) is 0.944. The van der Waals surface area contributed by atoms with Gasteiger partial charge in [-0.15, -0.1) is 0 Å². The quantitative estimate of drug-likeness (QED) is 0.698. The lowest BCUT2D eigenvalue weighted by Crippen LogP contribution is -1.89. The maximum absolute atomic E-state index is 9.30. The first kappa shape index (κ1) is 7.92. The van der Waals surface area contributed by atoms with Crippen LogP contribution >= 0.6 is 0 Å². The Hall–Kier alpha value is -1.18. The Morgan fingerprint density at radius 3 is 2.73 bits per heavy atom. The Balaban J connectivity index is 3.13. The molecule has 0 amide bonds. The number of phenols is 1. The van der Waals surface area contributed by atoms with Gasteiger partial charge in [-0.1, -0.05) is 6.07 Å². The number of hydrogen-bond acceptors (Lipinski definition) is 2. The average Bonchev–Trinajstić information content (AvgIpc) is 2.04. The minimum Gasteiger partial charge on any atom is -0.508 e. The molecule has 0 saturated heterocycles. The van der Waals surface area contributed by atoms with Crippen LogP contribution in [0.3, 0.4) is 0 Å². The zero-order valence-electron chi connectivity index (χ0n) is 6.50. The van der Waals surface area contributed by atoms with Crippen molar-refractivity contribution in [2.45, 2.75) is 6.42 Å². The molecule has 0 saturated carbocycles. The van der Waals surface area contributed by atoms with E-state index in [4.69, 9.17) is 4.74 Å². The SMILES string of the molecule is [CH2]Cc1c(O)cccc1OC. The van der Waals surface area contributed by atoms with Gasteiger partial charge in [0.25, 0.3) is 0 Å². The zero-order chi connectivity index (χ0) is 8.27. The molecule has 0 aliphatic heterocycles. The maximum atomic E-state index is 9.30. The Bertz CT molecular complexity index is 243. The Morgan fingerprint density at radius 2 is 2.27 bits per heavy atom. The molecule has 2 nitrogen and oxygen atoms in total. The van der Waals surface area contributed by atoms with Crippen LogP contribution in [0.15, 0.2) is 18.2 Å². The molecule has 0 heterocycles. The van der Waals surface area contributed by atoms with E-state index in [1.807, 2.05) is 0 Å². The summed E-state index contributed by atoms with van der Waals surface area (Å²) < 4.78 is 5.02. The summed E-state index contributed by atoms with van der Waals surface area (Å²) in [6.07, 6.45) is 0.538. The van der Waals surface area contributed by atoms with Crippen molar-refractivity contribution >= 4 is 0 Å². The predicted octanol–water partition coefficient (Wildman–Crippen LogP) is 1.78. The summed E-state index contributed by atoms with van der Waals surface area (Å²) in [5.41, 5.74) is 0.759. The van der Waals surface area contributed by atoms with Crippen LogP contribution in [0.25, 0.3) is 0 Å². The Morgan fingerprint density at radius 1 is 1.55 bits per heavy atom. The van der Waals surface area contributed by atoms with Crippen LogP contribution in [0.4, 0.5) is 0 Å². The largest absolute Gasteiger partial charge is 0.508 e. The molecule has 1 radical (unpaired) electrons. The molecule has 1 N–H and O–H groups in total. The molecule has 0 aliphatic carbocycles. The fourth-order valence-corrected chi connectivity index (χ4v) is 0.997. The van der Waals surface area contributed by atoms with Crippen LogP contribution in [0.2, 0.25) is 0 Å². The van der Waals surface area contributed by atoms with E-state index in [2.05, 4.69) is 6.92 Å². The van der Waals surface area contributed by atoms with Gasteiger partial charge in [0.15, 0.2) is 0 Å². The van der Waals surface area contributed by atoms with Crippen LogP contribution < -0.4 is 4.74 Å². The lowest BCUT2D eigenvalue weighted by atomic mass is 10.1. The van der Waals surface area contributed by atoms with Gasteiger partial charge in [0.05, 0.1) is 7.11 Å². The normalized spacial score (nSPS) is 9.64. The lowest BCUT2D eigenvalue weighted by Gasteiger charge is -2.06. The van der Waals surface area contributed by atoms with Crippen LogP contribution in [0.5, 0.6) is 11.5 Å². The number of methoxy groups -OCH3 is 1. The first-order valence-electron chi connectivity index (χ1n) is 3.43.